The number of anilines is 1. The highest BCUT2D eigenvalue weighted by Crippen LogP contribution is 2.47. The molecule has 0 spiro atoms. The smallest absolute Gasteiger partial charge is 0.270 e. The minimum Gasteiger partial charge on any atom is -0.496 e. The Balaban J connectivity index is 1.78. The molecule has 9 heteroatoms. The van der Waals surface area contributed by atoms with Crippen LogP contribution in [0.15, 0.2) is 36.4 Å². The minimum absolute atomic E-state index is 0.103. The predicted molar refractivity (Wildman–Crippen MR) is 141 cm³/mol. The average Bonchev–Trinajstić information content (AvgIpc) is 2.83. The second-order valence-electron chi connectivity index (χ2n) is 10.7. The average molecular weight is 511 g/mol. The number of hydrogen-bond acceptors (Lipinski definition) is 6. The summed E-state index contributed by atoms with van der Waals surface area (Å²) in [5.41, 5.74) is 0.0151. The molecule has 0 saturated carbocycles. The van der Waals surface area contributed by atoms with Gasteiger partial charge in [0, 0.05) is 25.4 Å². The molecule has 9 nitrogen and oxygen atoms in total. The number of carbonyl (C=O) groups is 3. The number of rotatable bonds is 7. The summed E-state index contributed by atoms with van der Waals surface area (Å²) in [4.78, 5) is 43.8. The molecule has 0 aliphatic carbocycles. The van der Waals surface area contributed by atoms with Crippen LogP contribution in [0, 0.1) is 18.3 Å². The molecule has 1 fully saturated rings. The Morgan fingerprint density at radius 2 is 1.86 bits per heavy atom. The number of nitrogens with one attached hydrogen (secondary N) is 2. The molecule has 3 amide bonds. The molecule has 1 aliphatic rings. The van der Waals surface area contributed by atoms with E-state index >= 15 is 0 Å². The van der Waals surface area contributed by atoms with E-state index in [0.717, 1.165) is 11.1 Å². The fourth-order valence-electron chi connectivity index (χ4n) is 4.86. The Labute approximate surface area is 218 Å². The maximum atomic E-state index is 13.6. The van der Waals surface area contributed by atoms with Crippen molar-refractivity contribution in [2.75, 3.05) is 25.5 Å². The summed E-state index contributed by atoms with van der Waals surface area (Å²) in [6.07, 6.45) is 0.344. The van der Waals surface area contributed by atoms with Gasteiger partial charge in [-0.3, -0.25) is 14.4 Å². The first kappa shape index (κ1) is 28.1. The van der Waals surface area contributed by atoms with Crippen molar-refractivity contribution in [2.24, 2.45) is 11.3 Å². The van der Waals surface area contributed by atoms with Crippen molar-refractivity contribution in [3.63, 3.8) is 0 Å². The number of aliphatic hydroxyl groups is 1. The van der Waals surface area contributed by atoms with Crippen LogP contribution in [-0.2, 0) is 15.2 Å². The van der Waals surface area contributed by atoms with Gasteiger partial charge in [-0.1, -0.05) is 45.9 Å². The number of piperidine rings is 1. The monoisotopic (exact) mass is 510 g/mol. The van der Waals surface area contributed by atoms with Crippen LogP contribution in [0.2, 0.25) is 0 Å². The van der Waals surface area contributed by atoms with Crippen molar-refractivity contribution < 1.29 is 24.2 Å². The summed E-state index contributed by atoms with van der Waals surface area (Å²) in [5, 5.41) is 17.2. The quantitative estimate of drug-likeness (QED) is 0.526. The third kappa shape index (κ3) is 5.93. The third-order valence-corrected chi connectivity index (χ3v) is 7.15. The maximum absolute atomic E-state index is 13.6. The second kappa shape index (κ2) is 10.9. The molecule has 3 rings (SSSR count). The van der Waals surface area contributed by atoms with Crippen molar-refractivity contribution in [1.29, 1.82) is 0 Å². The van der Waals surface area contributed by atoms with Crippen LogP contribution in [0.25, 0.3) is 0 Å². The lowest BCUT2D eigenvalue weighted by molar-refractivity contribution is -0.155. The van der Waals surface area contributed by atoms with Crippen molar-refractivity contribution in [2.45, 2.75) is 59.6 Å². The number of ether oxygens (including phenoxy) is 1. The Hall–Kier alpha value is -3.46. The molecule has 1 saturated heterocycles. The van der Waals surface area contributed by atoms with Gasteiger partial charge in [0.25, 0.3) is 5.91 Å². The number of amides is 3. The van der Waals surface area contributed by atoms with Gasteiger partial charge in [0.1, 0.15) is 23.3 Å². The molecule has 200 valence electrons. The fourth-order valence-corrected chi connectivity index (χ4v) is 4.86. The van der Waals surface area contributed by atoms with Gasteiger partial charge in [-0.05, 0) is 48.6 Å². The summed E-state index contributed by atoms with van der Waals surface area (Å²) in [5.74, 6) is -0.217. The van der Waals surface area contributed by atoms with E-state index in [1.807, 2.05) is 52.8 Å². The first-order valence-electron chi connectivity index (χ1n) is 12.5. The highest BCUT2D eigenvalue weighted by Gasteiger charge is 2.50. The van der Waals surface area contributed by atoms with Crippen LogP contribution in [0.5, 0.6) is 5.75 Å². The van der Waals surface area contributed by atoms with E-state index in [-0.39, 0.29) is 29.2 Å². The lowest BCUT2D eigenvalue weighted by atomic mass is 9.66. The Morgan fingerprint density at radius 1 is 1.16 bits per heavy atom. The van der Waals surface area contributed by atoms with Crippen molar-refractivity contribution >= 4 is 23.5 Å². The van der Waals surface area contributed by atoms with E-state index in [4.69, 9.17) is 4.74 Å². The number of aromatic nitrogens is 1. The molecule has 1 aromatic heterocycles. The summed E-state index contributed by atoms with van der Waals surface area (Å²) >= 11 is 0. The molecule has 1 aromatic carbocycles. The molecule has 2 heterocycles. The van der Waals surface area contributed by atoms with Crippen molar-refractivity contribution in [3.8, 4) is 5.75 Å². The largest absolute Gasteiger partial charge is 0.496 e. The molecule has 1 aliphatic heterocycles. The first-order valence-corrected chi connectivity index (χ1v) is 12.5. The number of likely N-dealkylation sites (tertiary alicyclic amines) is 1. The summed E-state index contributed by atoms with van der Waals surface area (Å²) in [6.45, 7) is 11.6. The number of hydrogen-bond donors (Lipinski definition) is 3. The molecule has 2 aromatic rings. The van der Waals surface area contributed by atoms with Gasteiger partial charge < -0.3 is 25.4 Å². The van der Waals surface area contributed by atoms with Gasteiger partial charge in [-0.15, -0.1) is 0 Å². The molecule has 3 N–H and O–H groups in total. The molecule has 0 bridgehead atoms. The molecule has 37 heavy (non-hydrogen) atoms. The van der Waals surface area contributed by atoms with Crippen molar-refractivity contribution in [1.82, 2.24) is 15.2 Å². The van der Waals surface area contributed by atoms with Crippen LogP contribution in [0.4, 0.5) is 5.82 Å². The van der Waals surface area contributed by atoms with E-state index < -0.39 is 23.0 Å². The lowest BCUT2D eigenvalue weighted by Gasteiger charge is -2.51. The van der Waals surface area contributed by atoms with E-state index in [9.17, 15) is 19.5 Å². The van der Waals surface area contributed by atoms with Gasteiger partial charge in [0.15, 0.2) is 0 Å². The highest BCUT2D eigenvalue weighted by atomic mass is 16.5. The lowest BCUT2D eigenvalue weighted by Crippen LogP contribution is -2.60. The van der Waals surface area contributed by atoms with Crippen LogP contribution in [0.1, 0.15) is 62.7 Å². The number of carbonyl (C=O) groups excluding carboxylic acids is 3. The van der Waals surface area contributed by atoms with E-state index in [1.54, 1.807) is 24.1 Å². The summed E-state index contributed by atoms with van der Waals surface area (Å²) < 4.78 is 5.46. The number of methoxy groups -OCH3 is 1. The normalized spacial score (nSPS) is 19.8. The Morgan fingerprint density at radius 3 is 2.46 bits per heavy atom. The second-order valence-corrected chi connectivity index (χ2v) is 10.7. The zero-order valence-electron chi connectivity index (χ0n) is 22.7. The van der Waals surface area contributed by atoms with Gasteiger partial charge in [-0.25, -0.2) is 4.98 Å². The number of nitrogens with zero attached hydrogens (tertiary/aromatic N) is 2. The standard InChI is InChI=1S/C28H38N4O5/c1-17(2)24(31-25(34)21-9-8-10-23(30-21)29-19(4)33)26(35)32-14-13-28(36,27(5,6)16-32)20-12-11-18(3)22(15-20)37-7/h8-12,15,17,24,36H,13-14,16H2,1-7H3,(H,31,34)(H,29,30,33)/t24-,28?/m1/s1. The van der Waals surface area contributed by atoms with E-state index in [0.29, 0.717) is 25.3 Å². The first-order chi connectivity index (χ1) is 17.3. The van der Waals surface area contributed by atoms with Gasteiger partial charge >= 0.3 is 0 Å². The van der Waals surface area contributed by atoms with Crippen LogP contribution < -0.4 is 15.4 Å². The summed E-state index contributed by atoms with van der Waals surface area (Å²) in [6, 6.07) is 9.67. The number of benzene rings is 1. The Bertz CT molecular complexity index is 1180. The number of aryl methyl sites for hydroxylation is 1. The SMILES string of the molecule is COc1cc(C2(O)CCN(C(=O)[C@H](NC(=O)c3cccc(NC(C)=O)n3)C(C)C)CC2(C)C)ccc1C. The van der Waals surface area contributed by atoms with Gasteiger partial charge in [0.05, 0.1) is 12.7 Å². The van der Waals surface area contributed by atoms with E-state index in [1.165, 1.54) is 13.0 Å². The molecular weight excluding hydrogens is 472 g/mol. The Kier molecular flexibility index (Phi) is 8.27. The minimum atomic E-state index is -1.16. The zero-order chi connectivity index (χ0) is 27.5. The molecule has 2 atom stereocenters. The van der Waals surface area contributed by atoms with Gasteiger partial charge in [-0.2, -0.15) is 0 Å². The maximum Gasteiger partial charge on any atom is 0.270 e. The third-order valence-electron chi connectivity index (χ3n) is 7.15. The fraction of sp³-hybridized carbons (Fsp3) is 0.500. The van der Waals surface area contributed by atoms with Crippen LogP contribution in [-0.4, -0.2) is 59.0 Å². The molecular formula is C28H38N4O5. The topological polar surface area (TPSA) is 121 Å². The molecule has 0 radical (unpaired) electrons. The van der Waals surface area contributed by atoms with Crippen molar-refractivity contribution in [3.05, 3.63) is 53.2 Å². The summed E-state index contributed by atoms with van der Waals surface area (Å²) in [7, 11) is 1.61. The highest BCUT2D eigenvalue weighted by molar-refractivity contribution is 5.97. The van der Waals surface area contributed by atoms with Gasteiger partial charge in [0.2, 0.25) is 11.8 Å². The number of pyridine rings is 1. The zero-order valence-corrected chi connectivity index (χ0v) is 22.7. The predicted octanol–water partition coefficient (Wildman–Crippen LogP) is 3.26. The van der Waals surface area contributed by atoms with Crippen LogP contribution in [0.3, 0.4) is 0 Å². The molecule has 1 unspecified atom stereocenters. The van der Waals surface area contributed by atoms with E-state index in [2.05, 4.69) is 15.6 Å². The van der Waals surface area contributed by atoms with Crippen LogP contribution >= 0.6 is 0 Å².